The van der Waals surface area contributed by atoms with E-state index in [1.165, 1.54) is 7.11 Å². The highest BCUT2D eigenvalue weighted by atomic mass is 79.9. The van der Waals surface area contributed by atoms with E-state index in [0.29, 0.717) is 4.47 Å². The minimum atomic E-state index is -0.667. The van der Waals surface area contributed by atoms with Gasteiger partial charge in [0.25, 0.3) is 0 Å². The first-order chi connectivity index (χ1) is 6.99. The Morgan fingerprint density at radius 1 is 1.60 bits per heavy atom. The minimum Gasteiger partial charge on any atom is -0.504 e. The lowest BCUT2D eigenvalue weighted by Crippen LogP contribution is -2.27. The van der Waals surface area contributed by atoms with Gasteiger partial charge in [-0.2, -0.15) is 0 Å². The summed E-state index contributed by atoms with van der Waals surface area (Å²) in [6, 6.07) is 2.53. The maximum Gasteiger partial charge on any atom is 0.184 e. The molecular formula is C10H12BrNO3. The Balaban J connectivity index is 3.33. The lowest BCUT2D eigenvalue weighted by atomic mass is 10.0. The molecule has 1 aromatic carbocycles. The van der Waals surface area contributed by atoms with Crippen molar-refractivity contribution in [1.82, 2.24) is 0 Å². The van der Waals surface area contributed by atoms with Crippen molar-refractivity contribution < 1.29 is 14.6 Å². The first-order valence-corrected chi connectivity index (χ1v) is 5.13. The number of carbonyl (C=O) groups excluding carboxylic acids is 1. The normalized spacial score (nSPS) is 12.3. The zero-order valence-corrected chi connectivity index (χ0v) is 10.0. The number of Topliss-reactive ketones (excluding diaryl/α,β-unsaturated/α-hetero) is 1. The lowest BCUT2D eigenvalue weighted by molar-refractivity contribution is 0.0964. The van der Waals surface area contributed by atoms with E-state index in [-0.39, 0.29) is 22.8 Å². The van der Waals surface area contributed by atoms with Crippen LogP contribution in [0.1, 0.15) is 17.3 Å². The predicted molar refractivity (Wildman–Crippen MR) is 60.3 cm³/mol. The molecule has 0 heterocycles. The Hall–Kier alpha value is -1.07. The number of carbonyl (C=O) groups is 1. The third-order valence-corrected chi connectivity index (χ3v) is 2.63. The van der Waals surface area contributed by atoms with Crippen molar-refractivity contribution in [2.45, 2.75) is 13.0 Å². The van der Waals surface area contributed by atoms with E-state index in [9.17, 15) is 9.90 Å². The van der Waals surface area contributed by atoms with Gasteiger partial charge in [-0.05, 0) is 35.0 Å². The van der Waals surface area contributed by atoms with E-state index in [0.717, 1.165) is 0 Å². The van der Waals surface area contributed by atoms with Crippen molar-refractivity contribution in [3.8, 4) is 11.5 Å². The highest BCUT2D eigenvalue weighted by Crippen LogP contribution is 2.35. The van der Waals surface area contributed by atoms with Crippen LogP contribution in [0, 0.1) is 0 Å². The van der Waals surface area contributed by atoms with Crippen molar-refractivity contribution in [3.05, 3.63) is 22.2 Å². The molecule has 15 heavy (non-hydrogen) atoms. The lowest BCUT2D eigenvalue weighted by Gasteiger charge is -2.11. The standard InChI is InChI=1S/C10H12BrNO3/c1-5(12)9(13)8-6(11)3-4-7(15-2)10(8)14/h3-5,14H,12H2,1-2H3. The van der Waals surface area contributed by atoms with E-state index in [2.05, 4.69) is 15.9 Å². The number of methoxy groups -OCH3 is 1. The molecule has 1 rings (SSSR count). The molecule has 0 aliphatic carbocycles. The molecule has 3 N–H and O–H groups in total. The maximum atomic E-state index is 11.7. The Morgan fingerprint density at radius 2 is 2.20 bits per heavy atom. The van der Waals surface area contributed by atoms with Gasteiger partial charge in [0.15, 0.2) is 17.3 Å². The number of halogens is 1. The molecular weight excluding hydrogens is 262 g/mol. The van der Waals surface area contributed by atoms with Crippen molar-refractivity contribution in [2.75, 3.05) is 7.11 Å². The van der Waals surface area contributed by atoms with Crippen molar-refractivity contribution in [2.24, 2.45) is 5.73 Å². The molecule has 0 fully saturated rings. The number of ether oxygens (including phenoxy) is 1. The number of benzene rings is 1. The fraction of sp³-hybridized carbons (Fsp3) is 0.300. The van der Waals surface area contributed by atoms with Crippen LogP contribution in [0.15, 0.2) is 16.6 Å². The molecule has 82 valence electrons. The van der Waals surface area contributed by atoms with E-state index in [1.807, 2.05) is 0 Å². The van der Waals surface area contributed by atoms with E-state index >= 15 is 0 Å². The summed E-state index contributed by atoms with van der Waals surface area (Å²) in [5.74, 6) is -0.269. The maximum absolute atomic E-state index is 11.7. The first kappa shape index (κ1) is 12.0. The highest BCUT2D eigenvalue weighted by molar-refractivity contribution is 9.10. The zero-order chi connectivity index (χ0) is 11.6. The summed E-state index contributed by atoms with van der Waals surface area (Å²) >= 11 is 3.19. The van der Waals surface area contributed by atoms with Gasteiger partial charge in [-0.3, -0.25) is 4.79 Å². The van der Waals surface area contributed by atoms with Gasteiger partial charge < -0.3 is 15.6 Å². The summed E-state index contributed by atoms with van der Waals surface area (Å²) in [6.07, 6.45) is 0. The van der Waals surface area contributed by atoms with Crippen LogP contribution < -0.4 is 10.5 Å². The summed E-state index contributed by atoms with van der Waals surface area (Å²) < 4.78 is 5.41. The molecule has 0 bridgehead atoms. The Bertz CT molecular complexity index is 390. The molecule has 0 spiro atoms. The molecule has 0 radical (unpaired) electrons. The van der Waals surface area contributed by atoms with Crippen molar-refractivity contribution >= 4 is 21.7 Å². The van der Waals surface area contributed by atoms with Gasteiger partial charge in [-0.25, -0.2) is 0 Å². The largest absolute Gasteiger partial charge is 0.504 e. The number of aromatic hydroxyl groups is 1. The van der Waals surface area contributed by atoms with Gasteiger partial charge in [0.2, 0.25) is 0 Å². The fourth-order valence-electron chi connectivity index (χ4n) is 1.17. The van der Waals surface area contributed by atoms with Crippen LogP contribution in [-0.2, 0) is 0 Å². The number of hydrogen-bond acceptors (Lipinski definition) is 4. The molecule has 0 aliphatic rings. The minimum absolute atomic E-state index is 0.157. The number of nitrogens with two attached hydrogens (primary N) is 1. The summed E-state index contributed by atoms with van der Waals surface area (Å²) in [4.78, 5) is 11.7. The Morgan fingerprint density at radius 3 is 2.67 bits per heavy atom. The van der Waals surface area contributed by atoms with Gasteiger partial charge >= 0.3 is 0 Å². The average Bonchev–Trinajstić information content (AvgIpc) is 2.17. The van der Waals surface area contributed by atoms with E-state index in [4.69, 9.17) is 10.5 Å². The first-order valence-electron chi connectivity index (χ1n) is 4.34. The molecule has 0 saturated carbocycles. The predicted octanol–water partition coefficient (Wildman–Crippen LogP) is 1.69. The number of phenols is 1. The average molecular weight is 274 g/mol. The summed E-state index contributed by atoms with van der Waals surface area (Å²) in [5, 5.41) is 9.76. The molecule has 0 aromatic heterocycles. The van der Waals surface area contributed by atoms with Crippen molar-refractivity contribution in [1.29, 1.82) is 0 Å². The molecule has 1 aromatic rings. The van der Waals surface area contributed by atoms with Crippen LogP contribution in [0.25, 0.3) is 0 Å². The molecule has 1 atom stereocenters. The van der Waals surface area contributed by atoms with Gasteiger partial charge in [-0.1, -0.05) is 0 Å². The monoisotopic (exact) mass is 273 g/mol. The van der Waals surface area contributed by atoms with Crippen LogP contribution in [-0.4, -0.2) is 24.0 Å². The third-order valence-electron chi connectivity index (χ3n) is 1.97. The number of hydrogen-bond donors (Lipinski definition) is 2. The van der Waals surface area contributed by atoms with Gasteiger partial charge in [0, 0.05) is 4.47 Å². The quantitative estimate of drug-likeness (QED) is 0.823. The second kappa shape index (κ2) is 4.63. The van der Waals surface area contributed by atoms with Crippen LogP contribution >= 0.6 is 15.9 Å². The SMILES string of the molecule is COc1ccc(Br)c(C(=O)C(C)N)c1O. The zero-order valence-electron chi connectivity index (χ0n) is 8.45. The molecule has 0 saturated heterocycles. The summed E-state index contributed by atoms with van der Waals surface area (Å²) in [7, 11) is 1.42. The van der Waals surface area contributed by atoms with Gasteiger partial charge in [0.05, 0.1) is 18.7 Å². The highest BCUT2D eigenvalue weighted by Gasteiger charge is 2.21. The number of rotatable bonds is 3. The fourth-order valence-corrected chi connectivity index (χ4v) is 1.69. The molecule has 0 amide bonds. The molecule has 4 nitrogen and oxygen atoms in total. The third kappa shape index (κ3) is 2.30. The van der Waals surface area contributed by atoms with E-state index < -0.39 is 6.04 Å². The molecule has 1 unspecified atom stereocenters. The topological polar surface area (TPSA) is 72.5 Å². The summed E-state index contributed by atoms with van der Waals surface area (Å²) in [6.45, 7) is 1.56. The number of phenolic OH excluding ortho intramolecular Hbond substituents is 1. The van der Waals surface area contributed by atoms with Crippen molar-refractivity contribution in [3.63, 3.8) is 0 Å². The van der Waals surface area contributed by atoms with Gasteiger partial charge in [-0.15, -0.1) is 0 Å². The second-order valence-electron chi connectivity index (χ2n) is 3.13. The van der Waals surface area contributed by atoms with Crippen LogP contribution in [0.4, 0.5) is 0 Å². The summed E-state index contributed by atoms with van der Waals surface area (Å²) in [5.41, 5.74) is 5.63. The molecule has 5 heteroatoms. The van der Waals surface area contributed by atoms with E-state index in [1.54, 1.807) is 19.1 Å². The smallest absolute Gasteiger partial charge is 0.184 e. The van der Waals surface area contributed by atoms with Crippen LogP contribution in [0.5, 0.6) is 11.5 Å². The number of ketones is 1. The van der Waals surface area contributed by atoms with Crippen LogP contribution in [0.2, 0.25) is 0 Å². The Labute approximate surface area is 96.2 Å². The molecule has 0 aliphatic heterocycles. The Kier molecular flexibility index (Phi) is 3.71. The van der Waals surface area contributed by atoms with Gasteiger partial charge in [0.1, 0.15) is 0 Å². The van der Waals surface area contributed by atoms with Crippen LogP contribution in [0.3, 0.4) is 0 Å². The second-order valence-corrected chi connectivity index (χ2v) is 3.98.